The van der Waals surface area contributed by atoms with Crippen LogP contribution in [0.1, 0.15) is 30.1 Å². The molecule has 1 aromatic carbocycles. The van der Waals surface area contributed by atoms with Gasteiger partial charge in [-0.15, -0.1) is 0 Å². The van der Waals surface area contributed by atoms with Gasteiger partial charge in [0, 0.05) is 25.7 Å². The fourth-order valence-corrected chi connectivity index (χ4v) is 4.10. The molecule has 23 heavy (non-hydrogen) atoms. The van der Waals surface area contributed by atoms with Crippen molar-refractivity contribution in [2.75, 3.05) is 27.2 Å². The Hall–Kier alpha value is -1.15. The molecule has 1 saturated heterocycles. The zero-order chi connectivity index (χ0) is 17.2. The molecule has 1 amide bonds. The SMILES string of the molecule is CON(C)S(=O)(=O)c1cc(C(=O)N2CCCC(C)C2)ccc1Cl. The summed E-state index contributed by atoms with van der Waals surface area (Å²) in [7, 11) is -1.39. The predicted octanol–water partition coefficient (Wildman–Crippen LogP) is 2.39. The van der Waals surface area contributed by atoms with E-state index in [0.717, 1.165) is 12.8 Å². The maximum atomic E-state index is 12.6. The van der Waals surface area contributed by atoms with Crippen molar-refractivity contribution in [2.24, 2.45) is 5.92 Å². The third kappa shape index (κ3) is 3.85. The van der Waals surface area contributed by atoms with Gasteiger partial charge >= 0.3 is 0 Å². The van der Waals surface area contributed by atoms with E-state index in [1.807, 2.05) is 0 Å². The molecule has 0 saturated carbocycles. The number of sulfonamides is 1. The van der Waals surface area contributed by atoms with Crippen LogP contribution in [-0.4, -0.2) is 50.9 Å². The number of amides is 1. The first-order valence-electron chi connectivity index (χ1n) is 7.39. The molecule has 0 aromatic heterocycles. The Balaban J connectivity index is 2.35. The summed E-state index contributed by atoms with van der Waals surface area (Å²) in [5.74, 6) is 0.271. The zero-order valence-corrected chi connectivity index (χ0v) is 15.0. The highest BCUT2D eigenvalue weighted by Gasteiger charge is 2.27. The number of nitrogens with zero attached hydrogens (tertiary/aromatic N) is 2. The number of hydroxylamine groups is 1. The molecule has 1 unspecified atom stereocenters. The van der Waals surface area contributed by atoms with Crippen LogP contribution in [0.15, 0.2) is 23.1 Å². The predicted molar refractivity (Wildman–Crippen MR) is 87.7 cm³/mol. The lowest BCUT2D eigenvalue weighted by Crippen LogP contribution is -2.39. The van der Waals surface area contributed by atoms with Crippen molar-refractivity contribution in [1.82, 2.24) is 9.37 Å². The van der Waals surface area contributed by atoms with Crippen molar-refractivity contribution >= 4 is 27.5 Å². The molecule has 0 N–H and O–H groups in total. The van der Waals surface area contributed by atoms with E-state index in [0.29, 0.717) is 29.0 Å². The van der Waals surface area contributed by atoms with Gasteiger partial charge in [-0.3, -0.25) is 9.63 Å². The van der Waals surface area contributed by atoms with Gasteiger partial charge in [0.15, 0.2) is 0 Å². The molecule has 1 aliphatic rings. The second kappa shape index (κ2) is 7.17. The van der Waals surface area contributed by atoms with Crippen LogP contribution >= 0.6 is 11.6 Å². The molecule has 0 radical (unpaired) electrons. The smallest absolute Gasteiger partial charge is 0.266 e. The lowest BCUT2D eigenvalue weighted by molar-refractivity contribution is -0.0258. The Morgan fingerprint density at radius 1 is 1.43 bits per heavy atom. The van der Waals surface area contributed by atoms with E-state index in [2.05, 4.69) is 6.92 Å². The van der Waals surface area contributed by atoms with Gasteiger partial charge in [-0.05, 0) is 37.0 Å². The van der Waals surface area contributed by atoms with Gasteiger partial charge in [0.05, 0.1) is 12.1 Å². The first-order valence-corrected chi connectivity index (χ1v) is 9.21. The molecule has 2 rings (SSSR count). The van der Waals surface area contributed by atoms with Gasteiger partial charge in [0.2, 0.25) is 0 Å². The maximum Gasteiger partial charge on any atom is 0.266 e. The number of carbonyl (C=O) groups is 1. The van der Waals surface area contributed by atoms with Crippen molar-refractivity contribution in [3.05, 3.63) is 28.8 Å². The van der Waals surface area contributed by atoms with Gasteiger partial charge < -0.3 is 4.90 Å². The van der Waals surface area contributed by atoms with Crippen LogP contribution in [0.4, 0.5) is 0 Å². The average Bonchev–Trinajstić information content (AvgIpc) is 2.53. The maximum absolute atomic E-state index is 12.6. The first kappa shape index (κ1) is 18.2. The first-order chi connectivity index (χ1) is 10.8. The normalized spacial score (nSPS) is 19.2. The number of piperidine rings is 1. The van der Waals surface area contributed by atoms with Gasteiger partial charge in [0.1, 0.15) is 4.90 Å². The number of benzene rings is 1. The molecular formula is C15H21ClN2O4S. The van der Waals surface area contributed by atoms with Crippen molar-refractivity contribution in [2.45, 2.75) is 24.7 Å². The molecule has 0 aliphatic carbocycles. The van der Waals surface area contributed by atoms with E-state index >= 15 is 0 Å². The highest BCUT2D eigenvalue weighted by atomic mass is 35.5. The Bertz CT molecular complexity index is 693. The Kier molecular flexibility index (Phi) is 5.67. The lowest BCUT2D eigenvalue weighted by atomic mass is 9.99. The van der Waals surface area contributed by atoms with Gasteiger partial charge in [-0.25, -0.2) is 8.42 Å². The summed E-state index contributed by atoms with van der Waals surface area (Å²) in [6.45, 7) is 3.47. The number of likely N-dealkylation sites (tertiary alicyclic amines) is 1. The molecule has 0 bridgehead atoms. The number of hydrogen-bond donors (Lipinski definition) is 0. The summed E-state index contributed by atoms with van der Waals surface area (Å²) in [4.78, 5) is 19.0. The molecular weight excluding hydrogens is 340 g/mol. The number of rotatable bonds is 4. The highest BCUT2D eigenvalue weighted by molar-refractivity contribution is 7.89. The van der Waals surface area contributed by atoms with Gasteiger partial charge in [-0.1, -0.05) is 23.0 Å². The van der Waals surface area contributed by atoms with Gasteiger partial charge in [-0.2, -0.15) is 0 Å². The quantitative estimate of drug-likeness (QED) is 0.773. The summed E-state index contributed by atoms with van der Waals surface area (Å²) >= 11 is 6.01. The Morgan fingerprint density at radius 2 is 2.13 bits per heavy atom. The Morgan fingerprint density at radius 3 is 2.74 bits per heavy atom. The van der Waals surface area contributed by atoms with E-state index in [1.54, 1.807) is 11.0 Å². The third-order valence-electron chi connectivity index (χ3n) is 4.00. The summed E-state index contributed by atoms with van der Waals surface area (Å²) in [6.07, 6.45) is 2.06. The van der Waals surface area contributed by atoms with E-state index < -0.39 is 10.0 Å². The molecule has 1 fully saturated rings. The molecule has 1 atom stereocenters. The van der Waals surface area contributed by atoms with Crippen molar-refractivity contribution in [3.8, 4) is 0 Å². The lowest BCUT2D eigenvalue weighted by Gasteiger charge is -2.31. The van der Waals surface area contributed by atoms with Crippen molar-refractivity contribution < 1.29 is 18.0 Å². The topological polar surface area (TPSA) is 66.9 Å². The number of hydrogen-bond acceptors (Lipinski definition) is 4. The second-order valence-corrected chi connectivity index (χ2v) is 8.05. The molecule has 1 aliphatic heterocycles. The molecule has 8 heteroatoms. The zero-order valence-electron chi connectivity index (χ0n) is 13.5. The van der Waals surface area contributed by atoms with Crippen molar-refractivity contribution in [1.29, 1.82) is 0 Å². The number of halogens is 1. The summed E-state index contributed by atoms with van der Waals surface area (Å²) in [5, 5.41) is 0.0532. The highest BCUT2D eigenvalue weighted by Crippen LogP contribution is 2.26. The molecule has 128 valence electrons. The van der Waals surface area contributed by atoms with E-state index in [1.165, 1.54) is 26.3 Å². The van der Waals surface area contributed by atoms with Crippen LogP contribution in [0.25, 0.3) is 0 Å². The van der Waals surface area contributed by atoms with Crippen LogP contribution in [0, 0.1) is 5.92 Å². The minimum Gasteiger partial charge on any atom is -0.338 e. The fourth-order valence-electron chi connectivity index (χ4n) is 2.63. The Labute approximate surface area is 142 Å². The van der Waals surface area contributed by atoms with Crippen LogP contribution in [0.5, 0.6) is 0 Å². The third-order valence-corrected chi connectivity index (χ3v) is 6.16. The largest absolute Gasteiger partial charge is 0.338 e. The minimum atomic E-state index is -3.91. The summed E-state index contributed by atoms with van der Waals surface area (Å²) in [6, 6.07) is 4.29. The van der Waals surface area contributed by atoms with Crippen LogP contribution in [0.3, 0.4) is 0 Å². The standard InChI is InChI=1S/C15H21ClN2O4S/c1-11-5-4-8-18(10-11)15(19)12-6-7-13(16)14(9-12)23(20,21)17(2)22-3/h6-7,9,11H,4-5,8,10H2,1-3H3. The summed E-state index contributed by atoms with van der Waals surface area (Å²) < 4.78 is 25.5. The van der Waals surface area contributed by atoms with Crippen LogP contribution in [-0.2, 0) is 14.9 Å². The number of carbonyl (C=O) groups excluding carboxylic acids is 1. The van der Waals surface area contributed by atoms with Gasteiger partial charge in [0.25, 0.3) is 15.9 Å². The monoisotopic (exact) mass is 360 g/mol. The molecule has 1 heterocycles. The van der Waals surface area contributed by atoms with E-state index in [4.69, 9.17) is 16.4 Å². The second-order valence-electron chi connectivity index (χ2n) is 5.74. The molecule has 0 spiro atoms. The van der Waals surface area contributed by atoms with Crippen molar-refractivity contribution in [3.63, 3.8) is 0 Å². The average molecular weight is 361 g/mol. The minimum absolute atomic E-state index is 0.0532. The molecule has 1 aromatic rings. The summed E-state index contributed by atoms with van der Waals surface area (Å²) in [5.41, 5.74) is 0.312. The molecule has 6 nitrogen and oxygen atoms in total. The van der Waals surface area contributed by atoms with Crippen LogP contribution in [0.2, 0.25) is 5.02 Å². The van der Waals surface area contributed by atoms with Crippen LogP contribution < -0.4 is 0 Å². The van der Waals surface area contributed by atoms with E-state index in [-0.39, 0.29) is 15.8 Å². The fraction of sp³-hybridized carbons (Fsp3) is 0.533. The van der Waals surface area contributed by atoms with E-state index in [9.17, 15) is 13.2 Å².